The summed E-state index contributed by atoms with van der Waals surface area (Å²) in [6, 6.07) is 12.5. The number of hydrogen-bond acceptors (Lipinski definition) is 6. The molecule has 0 aliphatic rings. The van der Waals surface area contributed by atoms with E-state index in [4.69, 9.17) is 5.26 Å². The molecule has 3 rings (SSSR count). The zero-order valence-electron chi connectivity index (χ0n) is 13.6. The van der Waals surface area contributed by atoms with E-state index in [1.807, 2.05) is 29.7 Å². The highest BCUT2D eigenvalue weighted by atomic mass is 32.2. The summed E-state index contributed by atoms with van der Waals surface area (Å²) < 4.78 is 1.97. The summed E-state index contributed by atoms with van der Waals surface area (Å²) in [5, 5.41) is 18.0. The number of carbonyl (C=O) groups is 1. The number of pyridine rings is 1. The van der Waals surface area contributed by atoms with E-state index < -0.39 is 0 Å². The van der Waals surface area contributed by atoms with Crippen LogP contribution in [-0.4, -0.2) is 31.3 Å². The van der Waals surface area contributed by atoms with Crippen LogP contribution in [0.3, 0.4) is 0 Å². The topological polar surface area (TPSA) is 84.5 Å². The molecule has 6 nitrogen and oxygen atoms in total. The Labute approximate surface area is 149 Å². The summed E-state index contributed by atoms with van der Waals surface area (Å²) in [6.07, 6.45) is 3.45. The molecule has 0 N–H and O–H groups in total. The van der Waals surface area contributed by atoms with Gasteiger partial charge in [-0.2, -0.15) is 5.26 Å². The minimum absolute atomic E-state index is 0.0110. The predicted octanol–water partition coefficient (Wildman–Crippen LogP) is 3.21. The molecule has 0 aliphatic heterocycles. The van der Waals surface area contributed by atoms with Crippen molar-refractivity contribution in [2.75, 3.05) is 5.75 Å². The number of rotatable bonds is 6. The van der Waals surface area contributed by atoms with Crippen molar-refractivity contribution in [1.29, 1.82) is 5.26 Å². The lowest BCUT2D eigenvalue weighted by Crippen LogP contribution is -2.05. The number of nitrogens with zero attached hydrogens (tertiary/aromatic N) is 5. The van der Waals surface area contributed by atoms with Crippen LogP contribution in [0.4, 0.5) is 0 Å². The van der Waals surface area contributed by atoms with Gasteiger partial charge in [0.15, 0.2) is 16.8 Å². The summed E-state index contributed by atoms with van der Waals surface area (Å²) in [7, 11) is 0. The third kappa shape index (κ3) is 3.75. The normalized spacial score (nSPS) is 10.4. The molecule has 0 bridgehead atoms. The second kappa shape index (κ2) is 7.73. The molecule has 2 heterocycles. The molecular weight excluding hydrogens is 334 g/mol. The van der Waals surface area contributed by atoms with Crippen LogP contribution in [0.25, 0.3) is 11.4 Å². The van der Waals surface area contributed by atoms with E-state index in [9.17, 15) is 4.79 Å². The molecule has 2 aromatic heterocycles. The Kier molecular flexibility index (Phi) is 5.21. The number of Topliss-reactive ketones (excluding diaryl/α,β-unsaturated/α-hetero) is 1. The molecule has 0 atom stereocenters. The Morgan fingerprint density at radius 2 is 2.04 bits per heavy atom. The monoisotopic (exact) mass is 349 g/mol. The van der Waals surface area contributed by atoms with Gasteiger partial charge in [0.1, 0.15) is 0 Å². The summed E-state index contributed by atoms with van der Waals surface area (Å²) in [5.41, 5.74) is 2.01. The number of carbonyl (C=O) groups excluding carboxylic acids is 1. The van der Waals surface area contributed by atoms with Crippen LogP contribution in [0, 0.1) is 11.3 Å². The summed E-state index contributed by atoms with van der Waals surface area (Å²) in [5.74, 6) is 0.990. The van der Waals surface area contributed by atoms with Crippen molar-refractivity contribution in [2.45, 2.75) is 18.6 Å². The molecule has 0 unspecified atom stereocenters. The minimum atomic E-state index is -0.0110. The number of nitriles is 1. The Morgan fingerprint density at radius 1 is 1.24 bits per heavy atom. The second-order valence-corrected chi connectivity index (χ2v) is 6.14. The molecule has 0 spiro atoms. The number of hydrogen-bond donors (Lipinski definition) is 0. The molecule has 0 saturated carbocycles. The Morgan fingerprint density at radius 3 is 2.68 bits per heavy atom. The first-order valence-electron chi connectivity index (χ1n) is 7.72. The minimum Gasteiger partial charge on any atom is -0.302 e. The van der Waals surface area contributed by atoms with E-state index >= 15 is 0 Å². The van der Waals surface area contributed by atoms with Gasteiger partial charge in [-0.05, 0) is 31.2 Å². The highest BCUT2D eigenvalue weighted by molar-refractivity contribution is 7.99. The standard InChI is InChI=1S/C18H15N5OS/c1-2-23-17(15-4-3-9-20-11-15)21-22-18(23)25-12-16(24)14-7-5-13(10-19)6-8-14/h3-9,11H,2,12H2,1H3. The fourth-order valence-electron chi connectivity index (χ4n) is 2.33. The quantitative estimate of drug-likeness (QED) is 0.502. The molecule has 25 heavy (non-hydrogen) atoms. The van der Waals surface area contributed by atoms with Crippen molar-refractivity contribution in [1.82, 2.24) is 19.7 Å². The average molecular weight is 349 g/mol. The maximum atomic E-state index is 12.3. The molecule has 7 heteroatoms. The highest BCUT2D eigenvalue weighted by Crippen LogP contribution is 2.24. The van der Waals surface area contributed by atoms with Crippen molar-refractivity contribution in [2.24, 2.45) is 0 Å². The van der Waals surface area contributed by atoms with Gasteiger partial charge in [-0.3, -0.25) is 9.78 Å². The van der Waals surface area contributed by atoms with E-state index in [2.05, 4.69) is 15.2 Å². The third-order valence-corrected chi connectivity index (χ3v) is 4.59. The summed E-state index contributed by atoms with van der Waals surface area (Å²) in [6.45, 7) is 2.71. The van der Waals surface area contributed by atoms with E-state index in [1.54, 1.807) is 36.7 Å². The predicted molar refractivity (Wildman–Crippen MR) is 95.1 cm³/mol. The number of thioether (sulfide) groups is 1. The molecule has 1 aromatic carbocycles. The molecule has 0 fully saturated rings. The van der Waals surface area contributed by atoms with Gasteiger partial charge < -0.3 is 4.57 Å². The maximum absolute atomic E-state index is 12.3. The lowest BCUT2D eigenvalue weighted by atomic mass is 10.1. The zero-order valence-corrected chi connectivity index (χ0v) is 14.4. The van der Waals surface area contributed by atoms with Gasteiger partial charge in [0.05, 0.1) is 17.4 Å². The van der Waals surface area contributed by atoms with Gasteiger partial charge in [0.2, 0.25) is 0 Å². The molecule has 0 amide bonds. The van der Waals surface area contributed by atoms with E-state index in [1.165, 1.54) is 11.8 Å². The van der Waals surface area contributed by atoms with E-state index in [0.717, 1.165) is 11.4 Å². The highest BCUT2D eigenvalue weighted by Gasteiger charge is 2.15. The first-order chi connectivity index (χ1) is 12.2. The SMILES string of the molecule is CCn1c(SCC(=O)c2ccc(C#N)cc2)nnc1-c1cccnc1. The van der Waals surface area contributed by atoms with Gasteiger partial charge in [0, 0.05) is 30.1 Å². The van der Waals surface area contributed by atoms with Crippen molar-refractivity contribution in [3.05, 3.63) is 59.9 Å². The molecule has 0 radical (unpaired) electrons. The lowest BCUT2D eigenvalue weighted by Gasteiger charge is -2.07. The van der Waals surface area contributed by atoms with Crippen LogP contribution >= 0.6 is 11.8 Å². The molecule has 124 valence electrons. The molecular formula is C18H15N5OS. The molecule has 3 aromatic rings. The van der Waals surface area contributed by atoms with Crippen LogP contribution in [0.2, 0.25) is 0 Å². The average Bonchev–Trinajstić information content (AvgIpc) is 3.09. The second-order valence-electron chi connectivity index (χ2n) is 5.19. The number of benzene rings is 1. The lowest BCUT2D eigenvalue weighted by molar-refractivity contribution is 0.102. The first kappa shape index (κ1) is 16.9. The van der Waals surface area contributed by atoms with Crippen molar-refractivity contribution >= 4 is 17.5 Å². The third-order valence-electron chi connectivity index (χ3n) is 3.62. The molecule has 0 saturated heterocycles. The van der Waals surface area contributed by atoms with Gasteiger partial charge in [-0.1, -0.05) is 23.9 Å². The van der Waals surface area contributed by atoms with Crippen LogP contribution in [0.15, 0.2) is 53.9 Å². The van der Waals surface area contributed by atoms with Gasteiger partial charge in [-0.15, -0.1) is 10.2 Å². The van der Waals surface area contributed by atoms with Crippen LogP contribution in [0.1, 0.15) is 22.8 Å². The zero-order chi connectivity index (χ0) is 17.6. The van der Waals surface area contributed by atoms with Gasteiger partial charge in [0.25, 0.3) is 0 Å². The summed E-state index contributed by atoms with van der Waals surface area (Å²) in [4.78, 5) is 16.4. The van der Waals surface area contributed by atoms with Crippen molar-refractivity contribution in [3.63, 3.8) is 0 Å². The first-order valence-corrected chi connectivity index (χ1v) is 8.71. The molecule has 0 aliphatic carbocycles. The van der Waals surface area contributed by atoms with Crippen LogP contribution < -0.4 is 0 Å². The Balaban J connectivity index is 1.74. The van der Waals surface area contributed by atoms with Gasteiger partial charge in [-0.25, -0.2) is 0 Å². The van der Waals surface area contributed by atoms with E-state index in [-0.39, 0.29) is 11.5 Å². The largest absolute Gasteiger partial charge is 0.302 e. The fraction of sp³-hybridized carbons (Fsp3) is 0.167. The number of aromatic nitrogens is 4. The van der Waals surface area contributed by atoms with Crippen molar-refractivity contribution in [3.8, 4) is 17.5 Å². The smallest absolute Gasteiger partial charge is 0.191 e. The van der Waals surface area contributed by atoms with Crippen molar-refractivity contribution < 1.29 is 4.79 Å². The summed E-state index contributed by atoms with van der Waals surface area (Å²) >= 11 is 1.35. The number of ketones is 1. The Bertz CT molecular complexity index is 913. The Hall–Kier alpha value is -2.98. The van der Waals surface area contributed by atoms with Crippen LogP contribution in [-0.2, 0) is 6.54 Å². The fourth-order valence-corrected chi connectivity index (χ4v) is 3.23. The van der Waals surface area contributed by atoms with E-state index in [0.29, 0.717) is 22.8 Å². The van der Waals surface area contributed by atoms with Gasteiger partial charge >= 0.3 is 0 Å². The maximum Gasteiger partial charge on any atom is 0.191 e. The van der Waals surface area contributed by atoms with Crippen LogP contribution in [0.5, 0.6) is 0 Å².